The summed E-state index contributed by atoms with van der Waals surface area (Å²) in [6, 6.07) is 24.1. The molecule has 0 atom stereocenters. The van der Waals surface area contributed by atoms with Gasteiger partial charge in [0.2, 0.25) is 0 Å². The van der Waals surface area contributed by atoms with E-state index in [1.54, 1.807) is 24.3 Å². The fraction of sp³-hybridized carbons (Fsp3) is 0.125. The quantitative estimate of drug-likeness (QED) is 0.631. The predicted octanol–water partition coefficient (Wildman–Crippen LogP) is 4.58. The Labute approximate surface area is 169 Å². The van der Waals surface area contributed by atoms with Gasteiger partial charge in [0.05, 0.1) is 18.7 Å². The summed E-state index contributed by atoms with van der Waals surface area (Å²) in [6.45, 7) is 0. The van der Waals surface area contributed by atoms with Crippen molar-refractivity contribution >= 4 is 17.6 Å². The molecule has 0 aliphatic heterocycles. The lowest BCUT2D eigenvalue weighted by Crippen LogP contribution is -2.12. The minimum atomic E-state index is -0.262. The molecule has 144 valence electrons. The molecular weight excluding hydrogens is 364 g/mol. The fourth-order valence-corrected chi connectivity index (χ4v) is 2.91. The first-order valence-electron chi connectivity index (χ1n) is 9.17. The number of anilines is 1. The van der Waals surface area contributed by atoms with Crippen molar-refractivity contribution in [2.75, 3.05) is 12.4 Å². The number of hydrogen-bond acceptors (Lipinski definition) is 4. The number of esters is 1. The lowest BCUT2D eigenvalue weighted by molar-refractivity contribution is -0.140. The van der Waals surface area contributed by atoms with E-state index >= 15 is 0 Å². The third-order valence-corrected chi connectivity index (χ3v) is 4.52. The van der Waals surface area contributed by atoms with Crippen LogP contribution in [0.3, 0.4) is 0 Å². The molecule has 0 bridgehead atoms. The summed E-state index contributed by atoms with van der Waals surface area (Å²) in [5, 5.41) is 11.8. The normalized spacial score (nSPS) is 10.1. The summed E-state index contributed by atoms with van der Waals surface area (Å²) >= 11 is 0. The molecule has 0 aromatic heterocycles. The highest BCUT2D eigenvalue weighted by molar-refractivity contribution is 6.04. The minimum absolute atomic E-state index is 0.207. The zero-order valence-corrected chi connectivity index (χ0v) is 16.0. The van der Waals surface area contributed by atoms with Crippen molar-refractivity contribution in [2.45, 2.75) is 12.8 Å². The molecule has 5 nitrogen and oxygen atoms in total. The van der Waals surface area contributed by atoms with Crippen LogP contribution in [-0.2, 0) is 16.0 Å². The molecule has 0 aliphatic rings. The predicted molar refractivity (Wildman–Crippen MR) is 111 cm³/mol. The Morgan fingerprint density at radius 2 is 1.62 bits per heavy atom. The number of ether oxygens (including phenoxy) is 1. The highest BCUT2D eigenvalue weighted by Crippen LogP contribution is 2.21. The van der Waals surface area contributed by atoms with Gasteiger partial charge in [-0.2, -0.15) is 5.26 Å². The van der Waals surface area contributed by atoms with Gasteiger partial charge in [-0.05, 0) is 59.5 Å². The third kappa shape index (κ3) is 5.30. The number of methoxy groups -OCH3 is 1. The SMILES string of the molecule is COC(=O)CCc1cccc(NC(=O)c2ccc(-c3ccc(C#N)cc3)cc2)c1. The maximum Gasteiger partial charge on any atom is 0.305 e. The number of hydrogen-bond donors (Lipinski definition) is 1. The highest BCUT2D eigenvalue weighted by Gasteiger charge is 2.08. The number of amides is 1. The molecule has 0 saturated heterocycles. The van der Waals surface area contributed by atoms with E-state index < -0.39 is 0 Å². The summed E-state index contributed by atoms with van der Waals surface area (Å²) in [6.07, 6.45) is 0.848. The van der Waals surface area contributed by atoms with E-state index in [2.05, 4.69) is 16.1 Å². The van der Waals surface area contributed by atoms with Crippen molar-refractivity contribution in [1.82, 2.24) is 0 Å². The van der Waals surface area contributed by atoms with Gasteiger partial charge in [0, 0.05) is 17.7 Å². The molecular formula is C24H20N2O3. The lowest BCUT2D eigenvalue weighted by atomic mass is 10.0. The van der Waals surface area contributed by atoms with Crippen LogP contribution in [0, 0.1) is 11.3 Å². The largest absolute Gasteiger partial charge is 0.469 e. The second kappa shape index (κ2) is 9.34. The third-order valence-electron chi connectivity index (χ3n) is 4.52. The molecule has 0 aliphatic carbocycles. The van der Waals surface area contributed by atoms with Crippen molar-refractivity contribution < 1.29 is 14.3 Å². The molecule has 0 unspecified atom stereocenters. The van der Waals surface area contributed by atoms with Crippen LogP contribution in [-0.4, -0.2) is 19.0 Å². The number of aryl methyl sites for hydroxylation is 1. The van der Waals surface area contributed by atoms with Crippen LogP contribution >= 0.6 is 0 Å². The van der Waals surface area contributed by atoms with Gasteiger partial charge in [-0.1, -0.05) is 36.4 Å². The number of nitrogens with zero attached hydrogens (tertiary/aromatic N) is 1. The first-order chi connectivity index (χ1) is 14.1. The average molecular weight is 384 g/mol. The van der Waals surface area contributed by atoms with Gasteiger partial charge in [0.1, 0.15) is 0 Å². The standard InChI is InChI=1S/C24H20N2O3/c1-29-23(27)14-7-17-3-2-4-22(15-17)26-24(28)21-12-10-20(11-13-21)19-8-5-18(16-25)6-9-19/h2-6,8-13,15H,7,14H2,1H3,(H,26,28). The zero-order valence-electron chi connectivity index (χ0n) is 16.0. The Bertz CT molecular complexity index is 1050. The van der Waals surface area contributed by atoms with E-state index in [1.165, 1.54) is 7.11 Å². The van der Waals surface area contributed by atoms with E-state index in [1.807, 2.05) is 48.5 Å². The van der Waals surface area contributed by atoms with E-state index in [4.69, 9.17) is 5.26 Å². The fourth-order valence-electron chi connectivity index (χ4n) is 2.91. The van der Waals surface area contributed by atoms with Gasteiger partial charge in [0.15, 0.2) is 0 Å². The topological polar surface area (TPSA) is 79.2 Å². The van der Waals surface area contributed by atoms with Crippen LogP contribution in [0.25, 0.3) is 11.1 Å². The molecule has 29 heavy (non-hydrogen) atoms. The average Bonchev–Trinajstić information content (AvgIpc) is 2.78. The molecule has 3 aromatic rings. The van der Waals surface area contributed by atoms with Crippen LogP contribution in [0.15, 0.2) is 72.8 Å². The Kier molecular flexibility index (Phi) is 6.39. The van der Waals surface area contributed by atoms with Crippen LogP contribution in [0.5, 0.6) is 0 Å². The minimum Gasteiger partial charge on any atom is -0.469 e. The molecule has 0 spiro atoms. The molecule has 0 heterocycles. The Balaban J connectivity index is 1.66. The molecule has 0 fully saturated rings. The lowest BCUT2D eigenvalue weighted by Gasteiger charge is -2.08. The molecule has 3 rings (SSSR count). The van der Waals surface area contributed by atoms with Gasteiger partial charge in [-0.25, -0.2) is 0 Å². The van der Waals surface area contributed by atoms with E-state index in [9.17, 15) is 9.59 Å². The van der Waals surface area contributed by atoms with Crippen molar-refractivity contribution in [1.29, 1.82) is 5.26 Å². The van der Waals surface area contributed by atoms with Crippen LogP contribution in [0.1, 0.15) is 27.9 Å². The number of rotatable bonds is 6. The molecule has 1 N–H and O–H groups in total. The van der Waals surface area contributed by atoms with Crippen LogP contribution < -0.4 is 5.32 Å². The summed E-state index contributed by atoms with van der Waals surface area (Å²) in [5.41, 5.74) is 4.73. The van der Waals surface area contributed by atoms with Crippen molar-refractivity contribution in [3.05, 3.63) is 89.5 Å². The molecule has 0 saturated carbocycles. The summed E-state index contributed by atoms with van der Waals surface area (Å²) in [5.74, 6) is -0.469. The number of benzene rings is 3. The summed E-state index contributed by atoms with van der Waals surface area (Å²) in [7, 11) is 1.37. The summed E-state index contributed by atoms with van der Waals surface area (Å²) < 4.78 is 4.65. The van der Waals surface area contributed by atoms with Gasteiger partial charge >= 0.3 is 5.97 Å². The van der Waals surface area contributed by atoms with Crippen molar-refractivity contribution in [2.24, 2.45) is 0 Å². The highest BCUT2D eigenvalue weighted by atomic mass is 16.5. The second-order valence-electron chi connectivity index (χ2n) is 6.50. The Hall–Kier alpha value is -3.91. The Morgan fingerprint density at radius 3 is 2.24 bits per heavy atom. The molecule has 3 aromatic carbocycles. The van der Waals surface area contributed by atoms with E-state index in [0.29, 0.717) is 29.7 Å². The summed E-state index contributed by atoms with van der Waals surface area (Å²) in [4.78, 5) is 23.8. The maximum atomic E-state index is 12.5. The van der Waals surface area contributed by atoms with Crippen molar-refractivity contribution in [3.8, 4) is 17.2 Å². The second-order valence-corrected chi connectivity index (χ2v) is 6.50. The first-order valence-corrected chi connectivity index (χ1v) is 9.17. The maximum absolute atomic E-state index is 12.5. The molecule has 0 radical (unpaired) electrons. The Morgan fingerprint density at radius 1 is 0.966 bits per heavy atom. The zero-order chi connectivity index (χ0) is 20.6. The number of nitrogens with one attached hydrogen (secondary N) is 1. The molecule has 1 amide bonds. The van der Waals surface area contributed by atoms with Gasteiger partial charge < -0.3 is 10.1 Å². The van der Waals surface area contributed by atoms with Gasteiger partial charge in [-0.15, -0.1) is 0 Å². The number of carbonyl (C=O) groups excluding carboxylic acids is 2. The number of carbonyl (C=O) groups is 2. The van der Waals surface area contributed by atoms with Crippen LogP contribution in [0.4, 0.5) is 5.69 Å². The van der Waals surface area contributed by atoms with Gasteiger partial charge in [0.25, 0.3) is 5.91 Å². The van der Waals surface area contributed by atoms with E-state index in [-0.39, 0.29) is 11.9 Å². The van der Waals surface area contributed by atoms with Crippen LogP contribution in [0.2, 0.25) is 0 Å². The van der Waals surface area contributed by atoms with Gasteiger partial charge in [-0.3, -0.25) is 9.59 Å². The van der Waals surface area contributed by atoms with Crippen molar-refractivity contribution in [3.63, 3.8) is 0 Å². The smallest absolute Gasteiger partial charge is 0.305 e. The molecule has 5 heteroatoms. The number of nitriles is 1. The van der Waals surface area contributed by atoms with E-state index in [0.717, 1.165) is 16.7 Å². The first kappa shape index (κ1) is 19.8. The monoisotopic (exact) mass is 384 g/mol.